The van der Waals surface area contributed by atoms with E-state index in [0.717, 1.165) is 41.0 Å². The van der Waals surface area contributed by atoms with Crippen LogP contribution < -0.4 is 0 Å². The molecule has 0 bridgehead atoms. The van der Waals surface area contributed by atoms with Crippen molar-refractivity contribution in [1.29, 1.82) is 0 Å². The van der Waals surface area contributed by atoms with E-state index < -0.39 is 0 Å². The fourth-order valence-electron chi connectivity index (χ4n) is 3.06. The van der Waals surface area contributed by atoms with Crippen LogP contribution in [0.3, 0.4) is 0 Å². The molecule has 1 saturated heterocycles. The van der Waals surface area contributed by atoms with Crippen molar-refractivity contribution in [2.75, 3.05) is 13.1 Å². The Kier molecular flexibility index (Phi) is 4.10. The second kappa shape index (κ2) is 6.37. The Labute approximate surface area is 140 Å². The summed E-state index contributed by atoms with van der Waals surface area (Å²) in [5, 5.41) is 14.4. The second-order valence-electron chi connectivity index (χ2n) is 6.27. The monoisotopic (exact) mass is 327 g/mol. The van der Waals surface area contributed by atoms with Gasteiger partial charge in [-0.15, -0.1) is 10.2 Å². The molecule has 3 aromatic rings. The Morgan fingerprint density at radius 1 is 1.00 bits per heavy atom. The topological polar surface area (TPSA) is 46.3 Å². The van der Waals surface area contributed by atoms with Crippen LogP contribution in [0.5, 0.6) is 0 Å². The van der Waals surface area contributed by atoms with E-state index in [-0.39, 0.29) is 0 Å². The van der Waals surface area contributed by atoms with Crippen molar-refractivity contribution in [2.24, 2.45) is 0 Å². The van der Waals surface area contributed by atoms with Crippen molar-refractivity contribution >= 4 is 16.3 Å². The molecule has 3 heterocycles. The lowest BCUT2D eigenvalue weighted by molar-refractivity contribution is 0.268. The van der Waals surface area contributed by atoms with E-state index in [2.05, 4.69) is 46.3 Å². The summed E-state index contributed by atoms with van der Waals surface area (Å²) in [4.78, 5) is 3.36. The van der Waals surface area contributed by atoms with Crippen LogP contribution in [-0.2, 0) is 6.54 Å². The van der Waals surface area contributed by atoms with Gasteiger partial charge in [-0.3, -0.25) is 4.90 Å². The van der Waals surface area contributed by atoms with E-state index in [9.17, 15) is 0 Å². The summed E-state index contributed by atoms with van der Waals surface area (Å²) in [6.07, 6.45) is 5.27. The molecule has 0 aliphatic carbocycles. The van der Waals surface area contributed by atoms with E-state index in [1.54, 1.807) is 11.3 Å². The average Bonchev–Trinajstić information content (AvgIpc) is 3.02. The number of nitrogens with zero attached hydrogens (tertiary/aromatic N) is 5. The highest BCUT2D eigenvalue weighted by atomic mass is 32.1. The van der Waals surface area contributed by atoms with E-state index in [1.165, 1.54) is 31.2 Å². The number of aryl methyl sites for hydroxylation is 1. The van der Waals surface area contributed by atoms with Crippen LogP contribution in [-0.4, -0.2) is 37.8 Å². The van der Waals surface area contributed by atoms with Gasteiger partial charge in [0.05, 0.1) is 6.54 Å². The standard InChI is InChI=1S/C17H21N5S/c1-13-6-8-14(9-7-13)16-20-22-15(18-19-17(22)23-16)12-21-10-4-2-3-5-11-21/h6-9H,2-5,10-12H2,1H3. The van der Waals surface area contributed by atoms with E-state index in [0.29, 0.717) is 0 Å². The average molecular weight is 327 g/mol. The predicted molar refractivity (Wildman–Crippen MR) is 92.6 cm³/mol. The highest BCUT2D eigenvalue weighted by Crippen LogP contribution is 2.26. The molecule has 0 radical (unpaired) electrons. The summed E-state index contributed by atoms with van der Waals surface area (Å²) in [5.41, 5.74) is 2.41. The Morgan fingerprint density at radius 3 is 2.48 bits per heavy atom. The summed E-state index contributed by atoms with van der Waals surface area (Å²) >= 11 is 1.60. The highest BCUT2D eigenvalue weighted by Gasteiger charge is 2.16. The van der Waals surface area contributed by atoms with Crippen LogP contribution in [0.25, 0.3) is 15.5 Å². The largest absolute Gasteiger partial charge is 0.296 e. The number of benzene rings is 1. The quantitative estimate of drug-likeness (QED) is 0.738. The van der Waals surface area contributed by atoms with Gasteiger partial charge in [-0.25, -0.2) is 0 Å². The molecule has 120 valence electrons. The van der Waals surface area contributed by atoms with Crippen LogP contribution in [0.2, 0.25) is 0 Å². The molecule has 0 saturated carbocycles. The molecule has 4 rings (SSSR count). The molecule has 0 atom stereocenters. The highest BCUT2D eigenvalue weighted by molar-refractivity contribution is 7.19. The van der Waals surface area contributed by atoms with Gasteiger partial charge in [0, 0.05) is 5.56 Å². The maximum atomic E-state index is 4.75. The lowest BCUT2D eigenvalue weighted by Gasteiger charge is -2.17. The van der Waals surface area contributed by atoms with Crippen molar-refractivity contribution < 1.29 is 0 Å². The molecule has 23 heavy (non-hydrogen) atoms. The smallest absolute Gasteiger partial charge is 0.235 e. The molecule has 1 fully saturated rings. The third-order valence-corrected chi connectivity index (χ3v) is 5.37. The molecule has 6 heteroatoms. The van der Waals surface area contributed by atoms with Gasteiger partial charge in [-0.1, -0.05) is 54.0 Å². The molecule has 0 N–H and O–H groups in total. The molecular formula is C17H21N5S. The van der Waals surface area contributed by atoms with Crippen LogP contribution in [0, 0.1) is 6.92 Å². The molecule has 1 aromatic carbocycles. The van der Waals surface area contributed by atoms with Crippen LogP contribution >= 0.6 is 11.3 Å². The van der Waals surface area contributed by atoms with Crippen LogP contribution in [0.4, 0.5) is 0 Å². The maximum Gasteiger partial charge on any atom is 0.235 e. The molecular weight excluding hydrogens is 306 g/mol. The van der Waals surface area contributed by atoms with Crippen molar-refractivity contribution in [3.8, 4) is 10.6 Å². The van der Waals surface area contributed by atoms with Crippen molar-refractivity contribution in [3.63, 3.8) is 0 Å². The number of fused-ring (bicyclic) bond motifs is 1. The number of rotatable bonds is 3. The molecule has 2 aromatic heterocycles. The predicted octanol–water partition coefficient (Wildman–Crippen LogP) is 3.54. The zero-order valence-corrected chi connectivity index (χ0v) is 14.2. The van der Waals surface area contributed by atoms with Crippen LogP contribution in [0.1, 0.15) is 37.1 Å². The lowest BCUT2D eigenvalue weighted by Crippen LogP contribution is -2.25. The molecule has 0 amide bonds. The summed E-state index contributed by atoms with van der Waals surface area (Å²) in [6.45, 7) is 5.26. The Balaban J connectivity index is 1.60. The first kappa shape index (κ1) is 14.8. The normalized spacial score (nSPS) is 16.7. The van der Waals surface area contributed by atoms with Gasteiger partial charge >= 0.3 is 0 Å². The third kappa shape index (κ3) is 3.14. The number of aromatic nitrogens is 4. The third-order valence-electron chi connectivity index (χ3n) is 4.42. The van der Waals surface area contributed by atoms with Gasteiger partial charge in [0.2, 0.25) is 4.96 Å². The number of likely N-dealkylation sites (tertiary alicyclic amines) is 1. The Morgan fingerprint density at radius 2 is 1.74 bits per heavy atom. The molecule has 5 nitrogen and oxygen atoms in total. The van der Waals surface area contributed by atoms with Gasteiger partial charge < -0.3 is 0 Å². The Bertz CT molecular complexity index is 781. The van der Waals surface area contributed by atoms with Crippen molar-refractivity contribution in [2.45, 2.75) is 39.2 Å². The lowest BCUT2D eigenvalue weighted by atomic mass is 10.2. The fourth-order valence-corrected chi connectivity index (χ4v) is 3.93. The minimum absolute atomic E-state index is 0.845. The molecule has 0 unspecified atom stereocenters. The second-order valence-corrected chi connectivity index (χ2v) is 7.23. The van der Waals surface area contributed by atoms with Crippen molar-refractivity contribution in [3.05, 3.63) is 35.7 Å². The molecule has 1 aliphatic rings. The van der Waals surface area contributed by atoms with Crippen LogP contribution in [0.15, 0.2) is 24.3 Å². The summed E-state index contributed by atoms with van der Waals surface area (Å²) < 4.78 is 1.92. The number of hydrogen-bond acceptors (Lipinski definition) is 5. The summed E-state index contributed by atoms with van der Waals surface area (Å²) in [5.74, 6) is 0.955. The van der Waals surface area contributed by atoms with Gasteiger partial charge in [-0.2, -0.15) is 9.61 Å². The maximum absolute atomic E-state index is 4.75. The molecule has 1 aliphatic heterocycles. The zero-order chi connectivity index (χ0) is 15.6. The van der Waals surface area contributed by atoms with Gasteiger partial charge in [0.15, 0.2) is 5.82 Å². The van der Waals surface area contributed by atoms with Gasteiger partial charge in [0.1, 0.15) is 5.01 Å². The molecule has 0 spiro atoms. The first-order valence-electron chi connectivity index (χ1n) is 8.30. The number of hydrogen-bond donors (Lipinski definition) is 0. The fraction of sp³-hybridized carbons (Fsp3) is 0.471. The summed E-state index contributed by atoms with van der Waals surface area (Å²) in [7, 11) is 0. The summed E-state index contributed by atoms with van der Waals surface area (Å²) in [6, 6.07) is 8.48. The SMILES string of the molecule is Cc1ccc(-c2nn3c(CN4CCCCCC4)nnc3s2)cc1. The first-order valence-corrected chi connectivity index (χ1v) is 9.12. The first-order chi connectivity index (χ1) is 11.3. The zero-order valence-electron chi connectivity index (χ0n) is 13.4. The van der Waals surface area contributed by atoms with Gasteiger partial charge in [0.25, 0.3) is 0 Å². The van der Waals surface area contributed by atoms with Crippen molar-refractivity contribution in [1.82, 2.24) is 24.7 Å². The van der Waals surface area contributed by atoms with E-state index in [1.807, 2.05) is 4.52 Å². The minimum atomic E-state index is 0.845. The Hall–Kier alpha value is -1.79. The minimum Gasteiger partial charge on any atom is -0.296 e. The van der Waals surface area contributed by atoms with E-state index in [4.69, 9.17) is 5.10 Å². The van der Waals surface area contributed by atoms with E-state index >= 15 is 0 Å². The van der Waals surface area contributed by atoms with Gasteiger partial charge in [-0.05, 0) is 32.9 Å².